The highest BCUT2D eigenvalue weighted by atomic mass is 16.5. The number of piperazine rings is 1. The number of pyridine rings is 1. The van der Waals surface area contributed by atoms with Crippen LogP contribution >= 0.6 is 0 Å². The van der Waals surface area contributed by atoms with E-state index in [9.17, 15) is 4.79 Å². The van der Waals surface area contributed by atoms with Gasteiger partial charge in [0.2, 0.25) is 5.91 Å². The Morgan fingerprint density at radius 3 is 3.11 bits per heavy atom. The van der Waals surface area contributed by atoms with Gasteiger partial charge in [0.05, 0.1) is 12.8 Å². The fourth-order valence-electron chi connectivity index (χ4n) is 2.33. The summed E-state index contributed by atoms with van der Waals surface area (Å²) < 4.78 is 5.24. The van der Waals surface area contributed by atoms with E-state index < -0.39 is 0 Å². The Bertz CT molecular complexity index is 464. The van der Waals surface area contributed by atoms with Crippen molar-refractivity contribution in [2.24, 2.45) is 5.73 Å². The van der Waals surface area contributed by atoms with E-state index in [4.69, 9.17) is 10.5 Å². The van der Waals surface area contributed by atoms with E-state index in [1.54, 1.807) is 7.11 Å². The molecule has 6 nitrogen and oxygen atoms in total. The van der Waals surface area contributed by atoms with Gasteiger partial charge in [-0.15, -0.1) is 0 Å². The van der Waals surface area contributed by atoms with Crippen LogP contribution in [-0.2, 0) is 11.3 Å². The van der Waals surface area contributed by atoms with Crippen molar-refractivity contribution in [2.75, 3.05) is 26.7 Å². The Morgan fingerprint density at radius 1 is 1.63 bits per heavy atom. The predicted molar refractivity (Wildman–Crippen MR) is 71.8 cm³/mol. The summed E-state index contributed by atoms with van der Waals surface area (Å²) in [5, 5.41) is 3.18. The summed E-state index contributed by atoms with van der Waals surface area (Å²) in [7, 11) is 1.63. The number of nitrogens with zero attached hydrogens (tertiary/aromatic N) is 2. The van der Waals surface area contributed by atoms with Crippen molar-refractivity contribution >= 4 is 5.91 Å². The number of carbonyl (C=O) groups is 1. The number of hydrogen-bond donors (Lipinski definition) is 2. The minimum atomic E-state index is -0.299. The van der Waals surface area contributed by atoms with Crippen molar-refractivity contribution in [1.82, 2.24) is 15.2 Å². The Morgan fingerprint density at radius 2 is 2.42 bits per heavy atom. The largest absolute Gasteiger partial charge is 0.497 e. The smallest absolute Gasteiger partial charge is 0.236 e. The van der Waals surface area contributed by atoms with Gasteiger partial charge in [0.25, 0.3) is 0 Å². The van der Waals surface area contributed by atoms with E-state index in [0.29, 0.717) is 13.1 Å². The van der Waals surface area contributed by atoms with Gasteiger partial charge in [-0.1, -0.05) is 0 Å². The Labute approximate surface area is 112 Å². The topological polar surface area (TPSA) is 80.5 Å². The molecule has 0 radical (unpaired) electrons. The number of ether oxygens (including phenoxy) is 1. The molecule has 0 saturated carbocycles. The van der Waals surface area contributed by atoms with E-state index >= 15 is 0 Å². The van der Waals surface area contributed by atoms with Gasteiger partial charge in [-0.3, -0.25) is 14.7 Å². The van der Waals surface area contributed by atoms with Crippen LogP contribution in [-0.4, -0.2) is 48.6 Å². The molecule has 1 fully saturated rings. The molecule has 104 valence electrons. The number of hydrogen-bond acceptors (Lipinski definition) is 5. The van der Waals surface area contributed by atoms with Gasteiger partial charge in [0, 0.05) is 44.0 Å². The summed E-state index contributed by atoms with van der Waals surface area (Å²) in [5.41, 5.74) is 7.23. The maximum atomic E-state index is 11.4. The molecule has 1 aliphatic rings. The van der Waals surface area contributed by atoms with Crippen LogP contribution < -0.4 is 15.8 Å². The molecule has 1 amide bonds. The van der Waals surface area contributed by atoms with E-state index in [0.717, 1.165) is 30.2 Å². The van der Waals surface area contributed by atoms with Crippen molar-refractivity contribution in [3.05, 3.63) is 23.5 Å². The summed E-state index contributed by atoms with van der Waals surface area (Å²) in [6.07, 6.45) is 0. The predicted octanol–water partition coefficient (Wildman–Crippen LogP) is -0.342. The molecule has 2 heterocycles. The monoisotopic (exact) mass is 264 g/mol. The fourth-order valence-corrected chi connectivity index (χ4v) is 2.33. The lowest BCUT2D eigenvalue weighted by Gasteiger charge is -2.33. The van der Waals surface area contributed by atoms with E-state index in [1.165, 1.54) is 0 Å². The average molecular weight is 264 g/mol. The molecular formula is C13H20N4O2. The van der Waals surface area contributed by atoms with Crippen molar-refractivity contribution < 1.29 is 9.53 Å². The maximum Gasteiger partial charge on any atom is 0.236 e. The average Bonchev–Trinajstić information content (AvgIpc) is 2.38. The van der Waals surface area contributed by atoms with Gasteiger partial charge in [-0.2, -0.15) is 0 Å². The highest BCUT2D eigenvalue weighted by molar-refractivity contribution is 5.80. The van der Waals surface area contributed by atoms with Crippen LogP contribution in [0, 0.1) is 6.92 Å². The second-order valence-electron chi connectivity index (χ2n) is 4.73. The SMILES string of the molecule is COc1cc(C)nc(CN2CCNCC2C(N)=O)c1. The zero-order valence-corrected chi connectivity index (χ0v) is 11.3. The van der Waals surface area contributed by atoms with Crippen LogP contribution in [0.25, 0.3) is 0 Å². The van der Waals surface area contributed by atoms with Gasteiger partial charge in [-0.25, -0.2) is 0 Å². The molecule has 1 saturated heterocycles. The second kappa shape index (κ2) is 5.99. The first-order chi connectivity index (χ1) is 9.10. The van der Waals surface area contributed by atoms with Crippen molar-refractivity contribution in [3.8, 4) is 5.75 Å². The quantitative estimate of drug-likeness (QED) is 0.777. The van der Waals surface area contributed by atoms with Crippen LogP contribution in [0.5, 0.6) is 5.75 Å². The number of primary amides is 1. The van der Waals surface area contributed by atoms with Gasteiger partial charge >= 0.3 is 0 Å². The van der Waals surface area contributed by atoms with Crippen molar-refractivity contribution in [3.63, 3.8) is 0 Å². The maximum absolute atomic E-state index is 11.4. The molecule has 3 N–H and O–H groups in total. The van der Waals surface area contributed by atoms with Gasteiger partial charge in [0.1, 0.15) is 11.8 Å². The number of amides is 1. The van der Waals surface area contributed by atoms with Gasteiger partial charge in [0.15, 0.2) is 0 Å². The van der Waals surface area contributed by atoms with Crippen LogP contribution in [0.2, 0.25) is 0 Å². The van der Waals surface area contributed by atoms with E-state index in [-0.39, 0.29) is 11.9 Å². The minimum Gasteiger partial charge on any atom is -0.497 e. The van der Waals surface area contributed by atoms with Crippen LogP contribution in [0.1, 0.15) is 11.4 Å². The molecule has 1 aliphatic heterocycles. The molecule has 0 aliphatic carbocycles. The number of methoxy groups -OCH3 is 1. The number of carbonyl (C=O) groups excluding carboxylic acids is 1. The Kier molecular flexibility index (Phi) is 4.34. The molecule has 1 unspecified atom stereocenters. The third-order valence-corrected chi connectivity index (χ3v) is 3.26. The molecule has 19 heavy (non-hydrogen) atoms. The summed E-state index contributed by atoms with van der Waals surface area (Å²) >= 11 is 0. The highest BCUT2D eigenvalue weighted by Crippen LogP contribution is 2.16. The van der Waals surface area contributed by atoms with E-state index in [1.807, 2.05) is 19.1 Å². The highest BCUT2D eigenvalue weighted by Gasteiger charge is 2.27. The number of aromatic nitrogens is 1. The van der Waals surface area contributed by atoms with Crippen molar-refractivity contribution in [2.45, 2.75) is 19.5 Å². The first-order valence-electron chi connectivity index (χ1n) is 6.36. The molecule has 6 heteroatoms. The molecule has 1 aromatic heterocycles. The first-order valence-corrected chi connectivity index (χ1v) is 6.36. The number of rotatable bonds is 4. The Balaban J connectivity index is 2.14. The number of aryl methyl sites for hydroxylation is 1. The molecule has 1 atom stereocenters. The summed E-state index contributed by atoms with van der Waals surface area (Å²) in [6.45, 7) is 4.76. The van der Waals surface area contributed by atoms with E-state index in [2.05, 4.69) is 15.2 Å². The fraction of sp³-hybridized carbons (Fsp3) is 0.538. The summed E-state index contributed by atoms with van der Waals surface area (Å²) in [6, 6.07) is 3.50. The van der Waals surface area contributed by atoms with Crippen LogP contribution in [0.15, 0.2) is 12.1 Å². The number of nitrogens with one attached hydrogen (secondary N) is 1. The minimum absolute atomic E-state index is 0.276. The van der Waals surface area contributed by atoms with Crippen molar-refractivity contribution in [1.29, 1.82) is 0 Å². The summed E-state index contributed by atoms with van der Waals surface area (Å²) in [5.74, 6) is 0.486. The van der Waals surface area contributed by atoms with Crippen LogP contribution in [0.3, 0.4) is 0 Å². The van der Waals surface area contributed by atoms with Crippen LogP contribution in [0.4, 0.5) is 0 Å². The lowest BCUT2D eigenvalue weighted by atomic mass is 10.1. The molecule has 1 aromatic rings. The lowest BCUT2D eigenvalue weighted by molar-refractivity contribution is -0.124. The molecular weight excluding hydrogens is 244 g/mol. The normalized spacial score (nSPS) is 20.2. The lowest BCUT2D eigenvalue weighted by Crippen LogP contribution is -2.56. The third kappa shape index (κ3) is 3.42. The zero-order chi connectivity index (χ0) is 13.8. The zero-order valence-electron chi connectivity index (χ0n) is 11.3. The Hall–Kier alpha value is -1.66. The van der Waals surface area contributed by atoms with Gasteiger partial charge < -0.3 is 15.8 Å². The molecule has 0 aromatic carbocycles. The first kappa shape index (κ1) is 13.8. The number of nitrogens with two attached hydrogens (primary N) is 1. The van der Waals surface area contributed by atoms with Gasteiger partial charge in [-0.05, 0) is 6.92 Å². The standard InChI is InChI=1S/C13H20N4O2/c1-9-5-11(19-2)6-10(16-9)8-17-4-3-15-7-12(17)13(14)18/h5-6,12,15H,3-4,7-8H2,1-2H3,(H2,14,18). The molecule has 0 spiro atoms. The summed E-state index contributed by atoms with van der Waals surface area (Å²) in [4.78, 5) is 18.0. The molecule has 0 bridgehead atoms. The molecule has 2 rings (SSSR count). The third-order valence-electron chi connectivity index (χ3n) is 3.26. The second-order valence-corrected chi connectivity index (χ2v) is 4.73.